The maximum atomic E-state index is 12.5. The van der Waals surface area contributed by atoms with Gasteiger partial charge in [0.05, 0.1) is 12.5 Å². The smallest absolute Gasteiger partial charge is 0.327 e. The molecule has 0 aliphatic rings. The average Bonchev–Trinajstić information content (AvgIpc) is 2.54. The van der Waals surface area contributed by atoms with Gasteiger partial charge in [-0.1, -0.05) is 0 Å². The van der Waals surface area contributed by atoms with Crippen molar-refractivity contribution in [3.05, 3.63) is 29.8 Å². The van der Waals surface area contributed by atoms with Crippen LogP contribution in [0.2, 0.25) is 0 Å². The number of aliphatic carboxylic acids is 2. The third-order valence-electron chi connectivity index (χ3n) is 3.33. The predicted molar refractivity (Wildman–Crippen MR) is 87.3 cm³/mol. The Morgan fingerprint density at radius 2 is 1.76 bits per heavy atom. The van der Waals surface area contributed by atoms with E-state index in [-0.39, 0.29) is 17.9 Å². The second-order valence-electron chi connectivity index (χ2n) is 5.13. The Bertz CT molecular complexity index is 688. The number of nitrogens with two attached hydrogens (primary N) is 2. The first-order valence-corrected chi connectivity index (χ1v) is 7.10. The van der Waals surface area contributed by atoms with Crippen LogP contribution in [0.3, 0.4) is 0 Å². The van der Waals surface area contributed by atoms with E-state index in [1.54, 1.807) is 0 Å². The van der Waals surface area contributed by atoms with Crippen molar-refractivity contribution in [2.45, 2.75) is 24.9 Å². The summed E-state index contributed by atoms with van der Waals surface area (Å²) in [6.07, 6.45) is -0.795. The minimum Gasteiger partial charge on any atom is -0.481 e. The maximum Gasteiger partial charge on any atom is 0.327 e. The number of hydrogen-bond acceptors (Lipinski definition) is 6. The van der Waals surface area contributed by atoms with Crippen LogP contribution in [0.1, 0.15) is 18.4 Å². The summed E-state index contributed by atoms with van der Waals surface area (Å²) in [4.78, 5) is 46.3. The number of aldehydes is 1. The maximum absolute atomic E-state index is 12.5. The Labute approximate surface area is 142 Å². The molecule has 1 rings (SSSR count). The zero-order valence-electron chi connectivity index (χ0n) is 13.1. The summed E-state index contributed by atoms with van der Waals surface area (Å²) in [5.41, 5.74) is 11.3. The summed E-state index contributed by atoms with van der Waals surface area (Å²) in [7, 11) is 0. The molecule has 0 radical (unpaired) electrons. The molecule has 0 spiro atoms. The van der Waals surface area contributed by atoms with Crippen LogP contribution in [0, 0.1) is 5.41 Å². The molecule has 1 amide bonds. The van der Waals surface area contributed by atoms with Gasteiger partial charge in [-0.3, -0.25) is 19.9 Å². The van der Waals surface area contributed by atoms with Crippen molar-refractivity contribution in [2.24, 2.45) is 11.5 Å². The summed E-state index contributed by atoms with van der Waals surface area (Å²) in [5.74, 6) is -4.10. The highest BCUT2D eigenvalue weighted by atomic mass is 16.4. The van der Waals surface area contributed by atoms with Crippen LogP contribution >= 0.6 is 0 Å². The minimum atomic E-state index is -1.72. The highest BCUT2D eigenvalue weighted by Gasteiger charge is 2.35. The summed E-state index contributed by atoms with van der Waals surface area (Å²) in [6, 6.07) is 2.36. The standard InChI is InChI=1S/C15H18N4O6/c16-10(5-6-20)14(23)19(11(15(24)25)7-12(21)22)9-3-1-8(2-4-9)13(17)18/h1-4,6,10-11H,5,7,16H2,(H3,17,18)(H,21,22)(H,24,25)/t10?,11-/m0/s1. The number of carbonyl (C=O) groups excluding carboxylic acids is 2. The van der Waals surface area contributed by atoms with Crippen LogP contribution < -0.4 is 16.4 Å². The van der Waals surface area contributed by atoms with Crippen LogP contribution in [-0.2, 0) is 19.2 Å². The number of nitrogens with one attached hydrogen (secondary N) is 1. The first-order chi connectivity index (χ1) is 11.7. The summed E-state index contributed by atoms with van der Waals surface area (Å²) in [6.45, 7) is 0. The summed E-state index contributed by atoms with van der Waals surface area (Å²) in [5, 5.41) is 25.6. The lowest BCUT2D eigenvalue weighted by molar-refractivity contribution is -0.146. The molecule has 0 bridgehead atoms. The molecule has 0 aromatic heterocycles. The fourth-order valence-corrected chi connectivity index (χ4v) is 2.10. The molecule has 25 heavy (non-hydrogen) atoms. The first-order valence-electron chi connectivity index (χ1n) is 7.10. The van der Waals surface area contributed by atoms with E-state index in [0.29, 0.717) is 11.8 Å². The number of benzene rings is 1. The van der Waals surface area contributed by atoms with Crippen LogP contribution in [0.4, 0.5) is 5.69 Å². The number of anilines is 1. The minimum absolute atomic E-state index is 0.0602. The average molecular weight is 350 g/mol. The van der Waals surface area contributed by atoms with E-state index >= 15 is 0 Å². The van der Waals surface area contributed by atoms with E-state index in [2.05, 4.69) is 0 Å². The number of rotatable bonds is 9. The van der Waals surface area contributed by atoms with Crippen LogP contribution in [-0.4, -0.2) is 52.3 Å². The summed E-state index contributed by atoms with van der Waals surface area (Å²) < 4.78 is 0. The van der Waals surface area contributed by atoms with E-state index in [0.717, 1.165) is 4.90 Å². The van der Waals surface area contributed by atoms with Crippen LogP contribution in [0.15, 0.2) is 24.3 Å². The molecule has 0 aliphatic heterocycles. The van der Waals surface area contributed by atoms with Crippen molar-refractivity contribution < 1.29 is 29.4 Å². The van der Waals surface area contributed by atoms with Gasteiger partial charge < -0.3 is 26.5 Å². The van der Waals surface area contributed by atoms with E-state index < -0.39 is 36.4 Å². The quantitative estimate of drug-likeness (QED) is 0.216. The lowest BCUT2D eigenvalue weighted by Crippen LogP contribution is -2.52. The molecular weight excluding hydrogens is 332 g/mol. The van der Waals surface area contributed by atoms with E-state index in [4.69, 9.17) is 22.0 Å². The highest BCUT2D eigenvalue weighted by molar-refractivity contribution is 6.04. The fraction of sp³-hybridized carbons (Fsp3) is 0.267. The van der Waals surface area contributed by atoms with Crippen molar-refractivity contribution in [3.8, 4) is 0 Å². The monoisotopic (exact) mass is 350 g/mol. The Morgan fingerprint density at radius 3 is 2.16 bits per heavy atom. The molecular formula is C15H18N4O6. The largest absolute Gasteiger partial charge is 0.481 e. The summed E-state index contributed by atoms with van der Waals surface area (Å²) >= 11 is 0. The molecule has 10 heteroatoms. The number of hydrogen-bond donors (Lipinski definition) is 5. The number of nitrogen functional groups attached to an aromatic ring is 1. The highest BCUT2D eigenvalue weighted by Crippen LogP contribution is 2.21. The third kappa shape index (κ3) is 5.11. The van der Waals surface area contributed by atoms with E-state index in [1.165, 1.54) is 24.3 Å². The number of carboxylic acid groups (broad SMARTS) is 2. The van der Waals surface area contributed by atoms with Crippen molar-refractivity contribution in [1.82, 2.24) is 0 Å². The van der Waals surface area contributed by atoms with Crippen molar-refractivity contribution in [1.29, 1.82) is 5.41 Å². The molecule has 7 N–H and O–H groups in total. The molecule has 0 aliphatic carbocycles. The molecule has 134 valence electrons. The van der Waals surface area contributed by atoms with Gasteiger partial charge in [0.1, 0.15) is 18.2 Å². The third-order valence-corrected chi connectivity index (χ3v) is 3.33. The number of amidine groups is 1. The zero-order chi connectivity index (χ0) is 19.1. The fourth-order valence-electron chi connectivity index (χ4n) is 2.10. The Kier molecular flexibility index (Phi) is 6.76. The van der Waals surface area contributed by atoms with Gasteiger partial charge in [-0.05, 0) is 24.3 Å². The Hall–Kier alpha value is -3.27. The van der Waals surface area contributed by atoms with Crippen LogP contribution in [0.5, 0.6) is 0 Å². The SMILES string of the molecule is N=C(N)c1ccc(N(C(=O)C(N)CC=O)[C@@H](CC(=O)O)C(=O)O)cc1. The molecule has 0 fully saturated rings. The lowest BCUT2D eigenvalue weighted by Gasteiger charge is -2.30. The van der Waals surface area contributed by atoms with Crippen LogP contribution in [0.25, 0.3) is 0 Å². The predicted octanol–water partition coefficient (Wildman–Crippen LogP) is -0.852. The molecule has 0 saturated heterocycles. The first kappa shape index (κ1) is 19.8. The van der Waals surface area contributed by atoms with Crippen molar-refractivity contribution in [2.75, 3.05) is 4.90 Å². The second-order valence-corrected chi connectivity index (χ2v) is 5.13. The molecule has 1 unspecified atom stereocenters. The zero-order valence-corrected chi connectivity index (χ0v) is 13.1. The number of nitrogens with zero attached hydrogens (tertiary/aromatic N) is 1. The second kappa shape index (κ2) is 8.55. The molecule has 0 saturated carbocycles. The normalized spacial score (nSPS) is 12.7. The van der Waals surface area contributed by atoms with Gasteiger partial charge in [-0.25, -0.2) is 4.79 Å². The number of carbonyl (C=O) groups is 4. The van der Waals surface area contributed by atoms with Crippen molar-refractivity contribution >= 4 is 35.7 Å². The van der Waals surface area contributed by atoms with Gasteiger partial charge in [0.15, 0.2) is 0 Å². The Balaban J connectivity index is 3.36. The molecule has 0 heterocycles. The van der Waals surface area contributed by atoms with Gasteiger partial charge in [-0.15, -0.1) is 0 Å². The van der Waals surface area contributed by atoms with Gasteiger partial charge in [0.2, 0.25) is 5.91 Å². The van der Waals surface area contributed by atoms with Gasteiger partial charge in [0, 0.05) is 17.7 Å². The van der Waals surface area contributed by atoms with Crippen molar-refractivity contribution in [3.63, 3.8) is 0 Å². The molecule has 1 aromatic rings. The van der Waals surface area contributed by atoms with Gasteiger partial charge in [-0.2, -0.15) is 0 Å². The number of carboxylic acids is 2. The van der Waals surface area contributed by atoms with Gasteiger partial charge in [0.25, 0.3) is 0 Å². The topological polar surface area (TPSA) is 188 Å². The molecule has 1 aromatic carbocycles. The van der Waals surface area contributed by atoms with Gasteiger partial charge >= 0.3 is 11.9 Å². The number of amides is 1. The van der Waals surface area contributed by atoms with E-state index in [9.17, 15) is 24.3 Å². The van der Waals surface area contributed by atoms with E-state index in [1.807, 2.05) is 0 Å². The Morgan fingerprint density at radius 1 is 1.20 bits per heavy atom. The molecule has 10 nitrogen and oxygen atoms in total. The molecule has 2 atom stereocenters. The lowest BCUT2D eigenvalue weighted by atomic mass is 10.1.